The van der Waals surface area contributed by atoms with Gasteiger partial charge in [0.15, 0.2) is 0 Å². The fourth-order valence-electron chi connectivity index (χ4n) is 2.20. The van der Waals surface area contributed by atoms with Gasteiger partial charge in [-0.05, 0) is 53.7 Å². The number of nitrogens with one attached hydrogen (secondary N) is 1. The summed E-state index contributed by atoms with van der Waals surface area (Å²) in [6, 6.07) is 11.8. The predicted octanol–water partition coefficient (Wildman–Crippen LogP) is 3.12. The van der Waals surface area contributed by atoms with Gasteiger partial charge in [0, 0.05) is 11.1 Å². The average Bonchev–Trinajstić information content (AvgIpc) is 2.61. The van der Waals surface area contributed by atoms with E-state index < -0.39 is 11.7 Å². The third kappa shape index (κ3) is 3.05. The van der Waals surface area contributed by atoms with Crippen LogP contribution in [0.25, 0.3) is 11.0 Å². The van der Waals surface area contributed by atoms with Crippen molar-refractivity contribution in [1.82, 2.24) is 0 Å². The summed E-state index contributed by atoms with van der Waals surface area (Å²) in [4.78, 5) is 12.4. The summed E-state index contributed by atoms with van der Waals surface area (Å²) in [6.45, 7) is 0. The molecule has 0 aliphatic rings. The molecule has 1 heterocycles. The van der Waals surface area contributed by atoms with Crippen LogP contribution in [0.5, 0.6) is 5.75 Å². The van der Waals surface area contributed by atoms with Crippen molar-refractivity contribution in [3.8, 4) is 5.75 Å². The first-order valence-electron chi connectivity index (χ1n) is 6.97. The van der Waals surface area contributed by atoms with Gasteiger partial charge < -0.3 is 19.7 Å². The molecule has 0 spiro atoms. The van der Waals surface area contributed by atoms with E-state index in [9.17, 15) is 9.18 Å². The monoisotopic (exact) mass is 328 g/mol. The molecule has 0 bridgehead atoms. The van der Waals surface area contributed by atoms with Gasteiger partial charge in [-0.3, -0.25) is 4.79 Å². The third-order valence-electron chi connectivity index (χ3n) is 3.39. The molecule has 0 atom stereocenters. The van der Waals surface area contributed by atoms with Crippen molar-refractivity contribution >= 4 is 22.6 Å². The lowest BCUT2D eigenvalue weighted by Crippen LogP contribution is -2.21. The molecule has 1 aromatic heterocycles. The highest BCUT2D eigenvalue weighted by atomic mass is 19.1. The Balaban J connectivity index is 2.03. The molecule has 0 aliphatic carbocycles. The number of ether oxygens (including phenoxy) is 1. The summed E-state index contributed by atoms with van der Waals surface area (Å²) in [5, 5.41) is 15.3. The van der Waals surface area contributed by atoms with Gasteiger partial charge in [0.1, 0.15) is 22.7 Å². The van der Waals surface area contributed by atoms with Crippen LogP contribution in [0.1, 0.15) is 10.4 Å². The predicted molar refractivity (Wildman–Crippen MR) is 84.5 cm³/mol. The molecule has 2 aromatic carbocycles. The molecule has 0 fully saturated rings. The molecule has 2 N–H and O–H groups in total. The molecule has 1 amide bonds. The highest BCUT2D eigenvalue weighted by Gasteiger charge is 2.14. The zero-order chi connectivity index (χ0) is 17.1. The smallest absolute Gasteiger partial charge is 0.268 e. The van der Waals surface area contributed by atoms with Gasteiger partial charge in [0.2, 0.25) is 0 Å². The van der Waals surface area contributed by atoms with Crippen LogP contribution in [0.2, 0.25) is 0 Å². The molecular weight excluding hydrogens is 315 g/mol. The van der Waals surface area contributed by atoms with Crippen molar-refractivity contribution < 1.29 is 23.5 Å². The summed E-state index contributed by atoms with van der Waals surface area (Å²) >= 11 is 0. The van der Waals surface area contributed by atoms with Crippen LogP contribution < -0.4 is 15.6 Å². The number of hydrogen-bond donors (Lipinski definition) is 2. The highest BCUT2D eigenvalue weighted by molar-refractivity contribution is 6.05. The van der Waals surface area contributed by atoms with Crippen LogP contribution in [0.15, 0.2) is 58.1 Å². The summed E-state index contributed by atoms with van der Waals surface area (Å²) in [5.41, 5.74) is 0.632. The van der Waals surface area contributed by atoms with Crippen molar-refractivity contribution in [2.75, 3.05) is 12.4 Å². The Hall–Kier alpha value is -3.35. The number of carbonyl (C=O) groups is 1. The van der Waals surface area contributed by atoms with Crippen LogP contribution >= 0.6 is 0 Å². The van der Waals surface area contributed by atoms with Crippen molar-refractivity contribution in [3.05, 3.63) is 65.5 Å². The lowest BCUT2D eigenvalue weighted by atomic mass is 10.1. The maximum atomic E-state index is 12.9. The number of nitrogens with zero attached hydrogens (tertiary/aromatic N) is 1. The number of methoxy groups -OCH3 is 1. The molecule has 0 aliphatic heterocycles. The van der Waals surface area contributed by atoms with E-state index >= 15 is 0 Å². The molecule has 6 nitrogen and oxygen atoms in total. The SMILES string of the molecule is COc1ccc2oc(=NO)c(C(=O)Nc3ccc(F)cc3)cc2c1. The second kappa shape index (κ2) is 6.41. The molecule has 3 aromatic rings. The molecule has 0 unspecified atom stereocenters. The van der Waals surface area contributed by atoms with E-state index in [2.05, 4.69) is 10.5 Å². The van der Waals surface area contributed by atoms with Crippen LogP contribution in [-0.2, 0) is 0 Å². The largest absolute Gasteiger partial charge is 0.497 e. The first kappa shape index (κ1) is 15.5. The number of benzene rings is 2. The molecule has 3 rings (SSSR count). The maximum Gasteiger partial charge on any atom is 0.268 e. The first-order valence-corrected chi connectivity index (χ1v) is 6.97. The van der Waals surface area contributed by atoms with E-state index in [1.165, 1.54) is 37.4 Å². The van der Waals surface area contributed by atoms with Gasteiger partial charge in [-0.25, -0.2) is 4.39 Å². The fraction of sp³-hybridized carbons (Fsp3) is 0.0588. The number of carbonyl (C=O) groups excluding carboxylic acids is 1. The summed E-state index contributed by atoms with van der Waals surface area (Å²) in [7, 11) is 1.53. The third-order valence-corrected chi connectivity index (χ3v) is 3.39. The fourth-order valence-corrected chi connectivity index (χ4v) is 2.20. The molecule has 7 heteroatoms. The molecular formula is C17H13FN2O4. The Kier molecular flexibility index (Phi) is 4.15. The summed E-state index contributed by atoms with van der Waals surface area (Å²) in [5.74, 6) is -0.369. The van der Waals surface area contributed by atoms with Crippen molar-refractivity contribution in [3.63, 3.8) is 0 Å². The lowest BCUT2D eigenvalue weighted by Gasteiger charge is -2.07. The Morgan fingerprint density at radius 2 is 1.96 bits per heavy atom. The second-order valence-electron chi connectivity index (χ2n) is 4.93. The van der Waals surface area contributed by atoms with E-state index in [0.717, 1.165) is 0 Å². The first-order chi connectivity index (χ1) is 11.6. The summed E-state index contributed by atoms with van der Waals surface area (Å²) in [6.07, 6.45) is 0. The average molecular weight is 328 g/mol. The Morgan fingerprint density at radius 1 is 1.21 bits per heavy atom. The zero-order valence-electron chi connectivity index (χ0n) is 12.6. The van der Waals surface area contributed by atoms with E-state index in [0.29, 0.717) is 22.4 Å². The van der Waals surface area contributed by atoms with Crippen LogP contribution in [-0.4, -0.2) is 18.2 Å². The van der Waals surface area contributed by atoms with Gasteiger partial charge in [-0.15, -0.1) is 0 Å². The molecule has 24 heavy (non-hydrogen) atoms. The van der Waals surface area contributed by atoms with Gasteiger partial charge >= 0.3 is 0 Å². The molecule has 0 radical (unpaired) electrons. The number of fused-ring (bicyclic) bond motifs is 1. The summed E-state index contributed by atoms with van der Waals surface area (Å²) < 4.78 is 23.5. The number of halogens is 1. The van der Waals surface area contributed by atoms with Crippen molar-refractivity contribution in [2.45, 2.75) is 0 Å². The minimum absolute atomic E-state index is 0.0302. The van der Waals surface area contributed by atoms with Crippen molar-refractivity contribution in [2.24, 2.45) is 5.16 Å². The number of anilines is 1. The molecule has 122 valence electrons. The Morgan fingerprint density at radius 3 is 2.62 bits per heavy atom. The maximum absolute atomic E-state index is 12.9. The Bertz CT molecular complexity index is 964. The zero-order valence-corrected chi connectivity index (χ0v) is 12.6. The van der Waals surface area contributed by atoms with E-state index in [-0.39, 0.29) is 11.1 Å². The van der Waals surface area contributed by atoms with Crippen molar-refractivity contribution in [1.29, 1.82) is 0 Å². The van der Waals surface area contributed by atoms with Crippen LogP contribution in [0.4, 0.5) is 10.1 Å². The van der Waals surface area contributed by atoms with Crippen LogP contribution in [0, 0.1) is 5.82 Å². The van der Waals surface area contributed by atoms with Gasteiger partial charge in [0.25, 0.3) is 11.5 Å². The standard InChI is InChI=1S/C17H13FN2O4/c1-23-13-6-7-15-10(8-13)9-14(17(20-22)24-15)16(21)19-12-4-2-11(18)3-5-12/h2-9,22H,1H3,(H,19,21). The second-order valence-corrected chi connectivity index (χ2v) is 4.93. The quantitative estimate of drug-likeness (QED) is 0.571. The molecule has 0 saturated heterocycles. The number of hydrogen-bond acceptors (Lipinski definition) is 5. The lowest BCUT2D eigenvalue weighted by molar-refractivity contribution is 0.102. The number of rotatable bonds is 3. The normalized spacial score (nSPS) is 11.5. The van der Waals surface area contributed by atoms with E-state index in [1.54, 1.807) is 18.2 Å². The molecule has 0 saturated carbocycles. The minimum atomic E-state index is -0.553. The minimum Gasteiger partial charge on any atom is -0.497 e. The van der Waals surface area contributed by atoms with Gasteiger partial charge in [0.05, 0.1) is 7.11 Å². The van der Waals surface area contributed by atoms with E-state index in [1.807, 2.05) is 0 Å². The van der Waals surface area contributed by atoms with Gasteiger partial charge in [-0.2, -0.15) is 0 Å². The Labute approximate surface area is 135 Å². The highest BCUT2D eigenvalue weighted by Crippen LogP contribution is 2.20. The van der Waals surface area contributed by atoms with Crippen LogP contribution in [0.3, 0.4) is 0 Å². The topological polar surface area (TPSA) is 84.1 Å². The van der Waals surface area contributed by atoms with E-state index in [4.69, 9.17) is 14.4 Å². The number of amides is 1. The van der Waals surface area contributed by atoms with Gasteiger partial charge in [-0.1, -0.05) is 0 Å².